The lowest BCUT2D eigenvalue weighted by Crippen LogP contribution is -2.17. The van der Waals surface area contributed by atoms with Crippen molar-refractivity contribution < 1.29 is 4.79 Å². The Hall–Kier alpha value is -1.67. The summed E-state index contributed by atoms with van der Waals surface area (Å²) in [6.45, 7) is 5.27. The summed E-state index contributed by atoms with van der Waals surface area (Å²) in [7, 11) is 0. The molecule has 1 atom stereocenters. The van der Waals surface area contributed by atoms with Crippen LogP contribution < -0.4 is 5.32 Å². The Labute approximate surface area is 121 Å². The molecule has 0 saturated heterocycles. The van der Waals surface area contributed by atoms with Crippen LogP contribution in [0, 0.1) is 0 Å². The lowest BCUT2D eigenvalue weighted by atomic mass is 9.97. The van der Waals surface area contributed by atoms with Crippen molar-refractivity contribution in [3.05, 3.63) is 53.1 Å². The molecule has 1 aromatic carbocycles. The average Bonchev–Trinajstić information content (AvgIpc) is 2.46. The number of carbonyl (C=O) groups excluding carboxylic acids is 1. The third-order valence-electron chi connectivity index (χ3n) is 3.67. The van der Waals surface area contributed by atoms with Gasteiger partial charge in [-0.15, -0.1) is 0 Å². The Morgan fingerprint density at radius 3 is 2.60 bits per heavy atom. The van der Waals surface area contributed by atoms with E-state index in [-0.39, 0.29) is 5.78 Å². The largest absolute Gasteiger partial charge is 0.310 e. The molecule has 0 bridgehead atoms. The maximum Gasteiger partial charge on any atom is 0.155 e. The Morgan fingerprint density at radius 2 is 1.95 bits per heavy atom. The zero-order chi connectivity index (χ0) is 14.4. The van der Waals surface area contributed by atoms with Crippen molar-refractivity contribution in [2.24, 2.45) is 0 Å². The molecule has 2 rings (SSSR count). The van der Waals surface area contributed by atoms with Crippen LogP contribution in [-0.4, -0.2) is 12.3 Å². The van der Waals surface area contributed by atoms with E-state index in [1.165, 1.54) is 11.1 Å². The number of hydrogen-bond acceptors (Lipinski definition) is 2. The van der Waals surface area contributed by atoms with E-state index >= 15 is 0 Å². The van der Waals surface area contributed by atoms with Crippen LogP contribution in [0.15, 0.2) is 42.0 Å². The third kappa shape index (κ3) is 4.17. The number of ketones is 1. The number of rotatable bonds is 5. The first-order valence-corrected chi connectivity index (χ1v) is 7.44. The summed E-state index contributed by atoms with van der Waals surface area (Å²) in [5.41, 5.74) is 3.62. The number of benzene rings is 1. The van der Waals surface area contributed by atoms with E-state index in [1.54, 1.807) is 6.08 Å². The fourth-order valence-electron chi connectivity index (χ4n) is 2.47. The summed E-state index contributed by atoms with van der Waals surface area (Å²) in [6, 6.07) is 8.97. The lowest BCUT2D eigenvalue weighted by Gasteiger charge is -2.12. The Balaban J connectivity index is 2.01. The summed E-state index contributed by atoms with van der Waals surface area (Å²) in [5.74, 6) is 0.255. The molecule has 2 nitrogen and oxygen atoms in total. The summed E-state index contributed by atoms with van der Waals surface area (Å²) in [5, 5.41) is 3.41. The molecule has 0 aromatic heterocycles. The number of allylic oxidation sites excluding steroid dienone is 3. The Bertz CT molecular complexity index is 511. The molecule has 1 aromatic rings. The highest BCUT2D eigenvalue weighted by molar-refractivity contribution is 5.91. The molecule has 0 fully saturated rings. The minimum absolute atomic E-state index is 0.255. The van der Waals surface area contributed by atoms with E-state index in [2.05, 4.69) is 55.6 Å². The molecule has 1 unspecified atom stereocenters. The van der Waals surface area contributed by atoms with Gasteiger partial charge in [-0.05, 0) is 49.1 Å². The maximum absolute atomic E-state index is 11.3. The van der Waals surface area contributed by atoms with E-state index in [0.29, 0.717) is 12.5 Å². The first kappa shape index (κ1) is 14.7. The Kier molecular flexibility index (Phi) is 5.31. The van der Waals surface area contributed by atoms with Gasteiger partial charge in [0.05, 0.1) is 0 Å². The van der Waals surface area contributed by atoms with Crippen LogP contribution in [0.1, 0.15) is 50.3 Å². The Morgan fingerprint density at radius 1 is 1.20 bits per heavy atom. The van der Waals surface area contributed by atoms with Crippen molar-refractivity contribution in [1.82, 2.24) is 5.32 Å². The second-order valence-corrected chi connectivity index (χ2v) is 5.32. The highest BCUT2D eigenvalue weighted by Gasteiger charge is 2.07. The zero-order valence-electron chi connectivity index (χ0n) is 12.4. The summed E-state index contributed by atoms with van der Waals surface area (Å²) < 4.78 is 0. The van der Waals surface area contributed by atoms with Gasteiger partial charge in [-0.25, -0.2) is 0 Å². The fraction of sp³-hybridized carbons (Fsp3) is 0.389. The second-order valence-electron chi connectivity index (χ2n) is 5.32. The van der Waals surface area contributed by atoms with E-state index in [0.717, 1.165) is 25.0 Å². The van der Waals surface area contributed by atoms with Crippen LogP contribution >= 0.6 is 0 Å². The fourth-order valence-corrected chi connectivity index (χ4v) is 2.47. The van der Waals surface area contributed by atoms with Gasteiger partial charge in [0.25, 0.3) is 0 Å². The van der Waals surface area contributed by atoms with Crippen molar-refractivity contribution in [1.29, 1.82) is 0 Å². The SMILES string of the molecule is CCNC(C)c1ccc(/C=C/C2=CC(=O)CCC2)cc1. The first-order chi connectivity index (χ1) is 9.69. The van der Waals surface area contributed by atoms with Crippen molar-refractivity contribution >= 4 is 11.9 Å². The highest BCUT2D eigenvalue weighted by Crippen LogP contribution is 2.18. The number of nitrogens with one attached hydrogen (secondary N) is 1. The predicted molar refractivity (Wildman–Crippen MR) is 84.5 cm³/mol. The first-order valence-electron chi connectivity index (χ1n) is 7.44. The van der Waals surface area contributed by atoms with Gasteiger partial charge in [0, 0.05) is 12.5 Å². The molecular formula is C18H23NO. The molecule has 0 radical (unpaired) electrons. The van der Waals surface area contributed by atoms with Gasteiger partial charge in [-0.2, -0.15) is 0 Å². The van der Waals surface area contributed by atoms with Gasteiger partial charge in [0.15, 0.2) is 5.78 Å². The van der Waals surface area contributed by atoms with Crippen molar-refractivity contribution in [2.75, 3.05) is 6.54 Å². The maximum atomic E-state index is 11.3. The zero-order valence-corrected chi connectivity index (χ0v) is 12.4. The highest BCUT2D eigenvalue weighted by atomic mass is 16.1. The van der Waals surface area contributed by atoms with Gasteiger partial charge >= 0.3 is 0 Å². The molecule has 1 N–H and O–H groups in total. The van der Waals surface area contributed by atoms with Crippen molar-refractivity contribution in [2.45, 2.75) is 39.2 Å². The minimum atomic E-state index is 0.255. The third-order valence-corrected chi connectivity index (χ3v) is 3.67. The molecule has 0 saturated carbocycles. The topological polar surface area (TPSA) is 29.1 Å². The quantitative estimate of drug-likeness (QED) is 0.873. The predicted octanol–water partition coefficient (Wildman–Crippen LogP) is 4.05. The molecule has 2 heteroatoms. The lowest BCUT2D eigenvalue weighted by molar-refractivity contribution is -0.115. The molecule has 1 aliphatic rings. The van der Waals surface area contributed by atoms with Crippen LogP contribution in [0.25, 0.3) is 6.08 Å². The molecule has 1 aliphatic carbocycles. The van der Waals surface area contributed by atoms with Gasteiger partial charge in [0.1, 0.15) is 0 Å². The number of hydrogen-bond donors (Lipinski definition) is 1. The smallest absolute Gasteiger partial charge is 0.155 e. The van der Waals surface area contributed by atoms with Crippen LogP contribution in [0.4, 0.5) is 0 Å². The molecule has 0 heterocycles. The van der Waals surface area contributed by atoms with E-state index in [4.69, 9.17) is 0 Å². The molecular weight excluding hydrogens is 246 g/mol. The summed E-state index contributed by atoms with van der Waals surface area (Å²) in [6.07, 6.45) is 8.63. The van der Waals surface area contributed by atoms with E-state index < -0.39 is 0 Å². The monoisotopic (exact) mass is 269 g/mol. The van der Waals surface area contributed by atoms with Gasteiger partial charge in [-0.1, -0.05) is 43.3 Å². The summed E-state index contributed by atoms with van der Waals surface area (Å²) in [4.78, 5) is 11.3. The molecule has 0 spiro atoms. The van der Waals surface area contributed by atoms with Crippen molar-refractivity contribution in [3.8, 4) is 0 Å². The van der Waals surface area contributed by atoms with Gasteiger partial charge in [0.2, 0.25) is 0 Å². The minimum Gasteiger partial charge on any atom is -0.310 e. The standard InChI is InChI=1S/C18H23NO/c1-3-19-14(2)17-11-9-15(10-12-17)7-8-16-5-4-6-18(20)13-16/h7-14,19H,3-6H2,1-2H3/b8-7+. The van der Waals surface area contributed by atoms with Gasteiger partial charge in [-0.3, -0.25) is 4.79 Å². The second kappa shape index (κ2) is 7.20. The average molecular weight is 269 g/mol. The van der Waals surface area contributed by atoms with Gasteiger partial charge < -0.3 is 5.32 Å². The van der Waals surface area contributed by atoms with E-state index in [1.807, 2.05) is 0 Å². The van der Waals surface area contributed by atoms with Crippen LogP contribution in [0.2, 0.25) is 0 Å². The molecule has 20 heavy (non-hydrogen) atoms. The van der Waals surface area contributed by atoms with Crippen LogP contribution in [-0.2, 0) is 4.79 Å². The van der Waals surface area contributed by atoms with Crippen molar-refractivity contribution in [3.63, 3.8) is 0 Å². The normalized spacial score (nSPS) is 17.3. The van der Waals surface area contributed by atoms with E-state index in [9.17, 15) is 4.79 Å². The molecule has 0 aliphatic heterocycles. The summed E-state index contributed by atoms with van der Waals surface area (Å²) >= 11 is 0. The number of carbonyl (C=O) groups is 1. The van der Waals surface area contributed by atoms with Crippen LogP contribution in [0.3, 0.4) is 0 Å². The van der Waals surface area contributed by atoms with Crippen LogP contribution in [0.5, 0.6) is 0 Å². The molecule has 106 valence electrons. The molecule has 0 amide bonds.